The number of hydrogen-bond donors (Lipinski definition) is 1. The predicted molar refractivity (Wildman–Crippen MR) is 166 cm³/mol. The van der Waals surface area contributed by atoms with Crippen LogP contribution in [0.3, 0.4) is 0 Å². The zero-order valence-corrected chi connectivity index (χ0v) is 26.2. The van der Waals surface area contributed by atoms with E-state index < -0.39 is 25.9 Å². The van der Waals surface area contributed by atoms with Gasteiger partial charge >= 0.3 is 0 Å². The molecule has 0 bridgehead atoms. The first-order valence-corrected chi connectivity index (χ1v) is 17.4. The maximum atomic E-state index is 12.3. The first-order chi connectivity index (χ1) is 20.3. The van der Waals surface area contributed by atoms with E-state index in [1.807, 2.05) is 38.1 Å². The highest BCUT2D eigenvalue weighted by atomic mass is 32.3. The summed E-state index contributed by atoms with van der Waals surface area (Å²) in [5.74, 6) is 0.427. The number of aryl methyl sites for hydroxylation is 2. The van der Waals surface area contributed by atoms with Crippen molar-refractivity contribution in [2.45, 2.75) is 32.7 Å². The minimum absolute atomic E-state index is 0.117. The second kappa shape index (κ2) is 11.6. The maximum Gasteiger partial charge on any atom is 0.246 e. The van der Waals surface area contributed by atoms with Gasteiger partial charge < -0.3 is 19.6 Å². The van der Waals surface area contributed by atoms with Gasteiger partial charge in [0, 0.05) is 41.1 Å². The molecule has 1 fully saturated rings. The van der Waals surface area contributed by atoms with Gasteiger partial charge in [-0.05, 0) is 56.4 Å². The molecule has 0 amide bonds. The van der Waals surface area contributed by atoms with Crippen LogP contribution in [0.2, 0.25) is 0 Å². The van der Waals surface area contributed by atoms with Crippen molar-refractivity contribution in [2.24, 2.45) is 11.7 Å². The van der Waals surface area contributed by atoms with E-state index in [1.165, 1.54) is 6.08 Å². The molecule has 228 valence electrons. The molecule has 3 aromatic heterocycles. The Morgan fingerprint density at radius 2 is 1.77 bits per heavy atom. The van der Waals surface area contributed by atoms with Crippen LogP contribution in [0.1, 0.15) is 35.9 Å². The van der Waals surface area contributed by atoms with E-state index in [0.29, 0.717) is 35.1 Å². The molecule has 1 aliphatic heterocycles. The number of fused-ring (bicyclic) bond motifs is 1. The highest BCUT2D eigenvalue weighted by molar-refractivity contribution is 8.03. The van der Waals surface area contributed by atoms with Crippen LogP contribution in [0.5, 0.6) is 0 Å². The van der Waals surface area contributed by atoms with Gasteiger partial charge in [0.2, 0.25) is 20.0 Å². The fourth-order valence-corrected chi connectivity index (χ4v) is 8.81. The number of aromatic nitrogens is 3. The molecule has 0 saturated carbocycles. The molecule has 4 heterocycles. The third kappa shape index (κ3) is 5.97. The summed E-state index contributed by atoms with van der Waals surface area (Å²) >= 11 is 0. The summed E-state index contributed by atoms with van der Waals surface area (Å²) in [6.07, 6.45) is 7.81. The molecule has 0 spiro atoms. The minimum atomic E-state index is -4.21. The van der Waals surface area contributed by atoms with Gasteiger partial charge in [0.1, 0.15) is 11.6 Å². The van der Waals surface area contributed by atoms with E-state index in [4.69, 9.17) is 20.0 Å². The Bertz CT molecular complexity index is 1980. The van der Waals surface area contributed by atoms with E-state index in [-0.39, 0.29) is 15.7 Å². The fraction of sp³-hybridized carbons (Fsp3) is 0.333. The Hall–Kier alpha value is -3.94. The number of nitrogens with two attached hydrogens (primary N) is 1. The van der Waals surface area contributed by atoms with Crippen molar-refractivity contribution < 1.29 is 26.1 Å². The molecule has 5 rings (SSSR count). The number of hydrogen-bond acceptors (Lipinski definition) is 9. The SMILES string of the molecule is C=c1/c(=C\C=C(/N)N(S(C)(=O)=O)S(C)(=O)=O)c2ncc(-c3c(C)noc3C)cc2n1C(c1ccccc1)C1CCOCC1. The van der Waals surface area contributed by atoms with Gasteiger partial charge in [0.25, 0.3) is 0 Å². The highest BCUT2D eigenvalue weighted by Gasteiger charge is 2.30. The molecule has 13 heteroatoms. The Morgan fingerprint density at radius 3 is 2.35 bits per heavy atom. The van der Waals surface area contributed by atoms with Crippen LogP contribution in [0.25, 0.3) is 34.8 Å². The molecule has 0 radical (unpaired) electrons. The summed E-state index contributed by atoms with van der Waals surface area (Å²) in [6.45, 7) is 9.47. The maximum absolute atomic E-state index is 12.3. The molecule has 1 unspecified atom stereocenters. The quantitative estimate of drug-likeness (QED) is 0.312. The van der Waals surface area contributed by atoms with Gasteiger partial charge in [0.05, 0.1) is 35.3 Å². The number of ether oxygens (including phenoxy) is 1. The second-order valence-electron chi connectivity index (χ2n) is 10.8. The van der Waals surface area contributed by atoms with Crippen LogP contribution in [0, 0.1) is 19.8 Å². The van der Waals surface area contributed by atoms with Crippen LogP contribution >= 0.6 is 0 Å². The van der Waals surface area contributed by atoms with E-state index in [0.717, 1.165) is 53.3 Å². The monoisotopic (exact) mass is 625 g/mol. The normalized spacial score (nSPS) is 16.6. The number of benzene rings is 1. The molecule has 1 atom stereocenters. The van der Waals surface area contributed by atoms with Gasteiger partial charge in [-0.15, -0.1) is 3.71 Å². The molecule has 4 aromatic rings. The standard InChI is InChI=1S/C30H35N5O6S2/c1-19-28(21(3)41-33-19)24-17-26-29(32-18-24)25(11-12-27(31)35(42(4,36)37)43(5,38)39)20(2)34(26)30(22-9-7-6-8-10-22)23-13-15-40-16-14-23/h6-12,17-18,23,30H,2,13-16,31H2,1,3-5H3/b25-11+,27-12+. The molecule has 1 aliphatic rings. The van der Waals surface area contributed by atoms with Gasteiger partial charge in [-0.3, -0.25) is 4.98 Å². The summed E-state index contributed by atoms with van der Waals surface area (Å²) in [5, 5.41) is 5.31. The molecule has 43 heavy (non-hydrogen) atoms. The lowest BCUT2D eigenvalue weighted by Gasteiger charge is -2.32. The fourth-order valence-electron chi connectivity index (χ4n) is 5.95. The first-order valence-electron chi connectivity index (χ1n) is 13.7. The van der Waals surface area contributed by atoms with Crippen LogP contribution in [-0.4, -0.2) is 61.0 Å². The van der Waals surface area contributed by atoms with E-state index in [2.05, 4.69) is 28.4 Å². The zero-order chi connectivity index (χ0) is 31.1. The first kappa shape index (κ1) is 30.5. The molecular weight excluding hydrogens is 590 g/mol. The summed E-state index contributed by atoms with van der Waals surface area (Å²) in [5.41, 5.74) is 10.9. The van der Waals surface area contributed by atoms with Crippen molar-refractivity contribution in [3.05, 3.63) is 82.1 Å². The smallest absolute Gasteiger partial charge is 0.246 e. The van der Waals surface area contributed by atoms with Crippen LogP contribution in [-0.2, 0) is 24.8 Å². The predicted octanol–water partition coefficient (Wildman–Crippen LogP) is 2.54. The molecule has 1 aromatic carbocycles. The summed E-state index contributed by atoms with van der Waals surface area (Å²) in [7, 11) is -8.42. The lowest BCUT2D eigenvalue weighted by Crippen LogP contribution is -2.38. The van der Waals surface area contributed by atoms with E-state index in [1.54, 1.807) is 12.3 Å². The summed E-state index contributed by atoms with van der Waals surface area (Å²) < 4.78 is 62.7. The molecule has 0 aliphatic carbocycles. The van der Waals surface area contributed by atoms with Crippen LogP contribution in [0.4, 0.5) is 0 Å². The van der Waals surface area contributed by atoms with Gasteiger partial charge in [-0.25, -0.2) is 16.8 Å². The lowest BCUT2D eigenvalue weighted by atomic mass is 9.86. The van der Waals surface area contributed by atoms with Gasteiger partial charge in [-0.1, -0.05) is 42.1 Å². The van der Waals surface area contributed by atoms with Crippen molar-refractivity contribution in [2.75, 3.05) is 25.7 Å². The summed E-state index contributed by atoms with van der Waals surface area (Å²) in [4.78, 5) is 4.84. The Morgan fingerprint density at radius 1 is 1.12 bits per heavy atom. The largest absolute Gasteiger partial charge is 0.384 e. The Balaban J connectivity index is 1.82. The number of sulfonamides is 2. The van der Waals surface area contributed by atoms with E-state index >= 15 is 0 Å². The third-order valence-corrected chi connectivity index (χ3v) is 10.9. The molecule has 2 N–H and O–H groups in total. The van der Waals surface area contributed by atoms with Crippen molar-refractivity contribution in [1.82, 2.24) is 18.4 Å². The second-order valence-corrected chi connectivity index (χ2v) is 14.7. The third-order valence-electron chi connectivity index (χ3n) is 7.67. The molecule has 11 nitrogen and oxygen atoms in total. The number of nitrogens with zero attached hydrogens (tertiary/aromatic N) is 4. The van der Waals surface area contributed by atoms with E-state index in [9.17, 15) is 16.8 Å². The van der Waals surface area contributed by atoms with Crippen molar-refractivity contribution in [3.8, 4) is 11.1 Å². The average Bonchev–Trinajstić information content (AvgIpc) is 3.41. The highest BCUT2D eigenvalue weighted by Crippen LogP contribution is 2.35. The van der Waals surface area contributed by atoms with Gasteiger partial charge in [0.15, 0.2) is 0 Å². The summed E-state index contributed by atoms with van der Waals surface area (Å²) in [6, 6.07) is 12.1. The van der Waals surface area contributed by atoms with Crippen molar-refractivity contribution >= 4 is 43.7 Å². The van der Waals surface area contributed by atoms with Gasteiger partial charge in [-0.2, -0.15) is 0 Å². The topological polar surface area (TPSA) is 151 Å². The Kier molecular flexibility index (Phi) is 8.25. The van der Waals surface area contributed by atoms with Crippen molar-refractivity contribution in [3.63, 3.8) is 0 Å². The molecular formula is C30H35N5O6S2. The van der Waals surface area contributed by atoms with Crippen LogP contribution in [0.15, 0.2) is 59.0 Å². The number of allylic oxidation sites excluding steroid dienone is 1. The zero-order valence-electron chi connectivity index (χ0n) is 24.5. The average molecular weight is 626 g/mol. The van der Waals surface area contributed by atoms with Crippen molar-refractivity contribution in [1.29, 1.82) is 0 Å². The number of rotatable bonds is 8. The molecule has 1 saturated heterocycles. The minimum Gasteiger partial charge on any atom is -0.384 e. The Labute approximate surface area is 251 Å². The van der Waals surface area contributed by atoms with Crippen LogP contribution < -0.4 is 16.3 Å². The number of pyridine rings is 1. The lowest BCUT2D eigenvalue weighted by molar-refractivity contribution is 0.0545.